The van der Waals surface area contributed by atoms with Crippen molar-refractivity contribution in [2.45, 2.75) is 0 Å². The number of hydrogen-bond donors (Lipinski definition) is 0. The minimum atomic E-state index is 0.414. The van der Waals surface area contributed by atoms with E-state index < -0.39 is 0 Å². The van der Waals surface area contributed by atoms with Crippen LogP contribution in [-0.4, -0.2) is 23.7 Å². The number of ether oxygens (including phenoxy) is 1. The fourth-order valence-electron chi connectivity index (χ4n) is 11.0. The van der Waals surface area contributed by atoms with Crippen LogP contribution in [0, 0.1) is 0 Å². The van der Waals surface area contributed by atoms with Gasteiger partial charge >= 0.3 is 0 Å². The number of nitrogens with zero attached hydrogens (tertiary/aromatic N) is 5. The standard InChI is InChI=1S/C64H39N5O2/c1-3-14-44(15-4-1)67-54-22-10-7-18-46(54)50-36-40(26-30-56(50)67)42-28-32-58-52(38-42)53-39-43(41-27-31-57-51(37-41)47-19-8-11-23-55(47)68(57)45-16-5-2-6-17-45)29-33-59(53)69(58)64-65-35-34-62(66-64)70-61-25-13-21-49-48-20-9-12-24-60(48)71-63(49)61/h1-39H. The quantitative estimate of drug-likeness (QED) is 0.160. The summed E-state index contributed by atoms with van der Waals surface area (Å²) in [5.74, 6) is 1.51. The number of rotatable bonds is 7. The summed E-state index contributed by atoms with van der Waals surface area (Å²) in [6.45, 7) is 0. The molecule has 0 atom stereocenters. The average molecular weight is 910 g/mol. The molecule has 71 heavy (non-hydrogen) atoms. The zero-order valence-electron chi connectivity index (χ0n) is 38.1. The molecule has 0 saturated carbocycles. The molecule has 15 aromatic rings. The van der Waals surface area contributed by atoms with E-state index in [1.165, 1.54) is 43.6 Å². The van der Waals surface area contributed by atoms with E-state index in [1.54, 1.807) is 12.3 Å². The first-order valence-corrected chi connectivity index (χ1v) is 23.9. The van der Waals surface area contributed by atoms with Gasteiger partial charge in [0.2, 0.25) is 11.8 Å². The summed E-state index contributed by atoms with van der Waals surface area (Å²) in [7, 11) is 0. The summed E-state index contributed by atoms with van der Waals surface area (Å²) in [6.07, 6.45) is 1.76. The van der Waals surface area contributed by atoms with Crippen molar-refractivity contribution in [3.8, 4) is 51.2 Å². The number of aromatic nitrogens is 5. The van der Waals surface area contributed by atoms with E-state index in [9.17, 15) is 0 Å². The van der Waals surface area contributed by atoms with Gasteiger partial charge in [-0.1, -0.05) is 127 Å². The Morgan fingerprint density at radius 1 is 0.338 bits per heavy atom. The molecule has 0 bridgehead atoms. The minimum Gasteiger partial charge on any atom is -0.452 e. The molecule has 0 aliphatic heterocycles. The van der Waals surface area contributed by atoms with Gasteiger partial charge in [0.25, 0.3) is 0 Å². The van der Waals surface area contributed by atoms with Crippen molar-refractivity contribution in [1.29, 1.82) is 0 Å². The van der Waals surface area contributed by atoms with Crippen LogP contribution in [0.5, 0.6) is 11.6 Å². The normalized spacial score (nSPS) is 11.9. The van der Waals surface area contributed by atoms with Crippen molar-refractivity contribution in [1.82, 2.24) is 23.7 Å². The molecule has 0 N–H and O–H groups in total. The van der Waals surface area contributed by atoms with Crippen LogP contribution in [0.4, 0.5) is 0 Å². The molecule has 7 nitrogen and oxygen atoms in total. The van der Waals surface area contributed by atoms with Crippen LogP contribution in [0.15, 0.2) is 241 Å². The predicted molar refractivity (Wildman–Crippen MR) is 290 cm³/mol. The van der Waals surface area contributed by atoms with E-state index in [0.29, 0.717) is 23.2 Å². The molecule has 10 aromatic carbocycles. The van der Waals surface area contributed by atoms with Gasteiger partial charge in [-0.05, 0) is 119 Å². The van der Waals surface area contributed by atoms with Crippen molar-refractivity contribution >= 4 is 87.4 Å². The van der Waals surface area contributed by atoms with Gasteiger partial charge in [-0.2, -0.15) is 4.98 Å². The third-order valence-electron chi connectivity index (χ3n) is 14.2. The molecule has 0 unspecified atom stereocenters. The summed E-state index contributed by atoms with van der Waals surface area (Å²) >= 11 is 0. The molecule has 0 radical (unpaired) electrons. The maximum absolute atomic E-state index is 6.57. The molecule has 332 valence electrons. The van der Waals surface area contributed by atoms with E-state index in [2.05, 4.69) is 208 Å². The number of fused-ring (bicyclic) bond motifs is 12. The highest BCUT2D eigenvalue weighted by Crippen LogP contribution is 2.42. The number of furan rings is 1. The highest BCUT2D eigenvalue weighted by Gasteiger charge is 2.20. The lowest BCUT2D eigenvalue weighted by Gasteiger charge is -2.10. The lowest BCUT2D eigenvalue weighted by atomic mass is 9.98. The first-order valence-electron chi connectivity index (χ1n) is 23.9. The summed E-state index contributed by atoms with van der Waals surface area (Å²) in [5.41, 5.74) is 15.0. The second kappa shape index (κ2) is 15.4. The Labute approximate surface area is 406 Å². The van der Waals surface area contributed by atoms with Crippen LogP contribution >= 0.6 is 0 Å². The van der Waals surface area contributed by atoms with Crippen LogP contribution in [0.2, 0.25) is 0 Å². The Morgan fingerprint density at radius 2 is 0.775 bits per heavy atom. The molecular formula is C64H39N5O2. The summed E-state index contributed by atoms with van der Waals surface area (Å²) in [5, 5.41) is 9.07. The van der Waals surface area contributed by atoms with Crippen molar-refractivity contribution in [2.24, 2.45) is 0 Å². The Kier molecular flexibility index (Phi) is 8.52. The lowest BCUT2D eigenvalue weighted by molar-refractivity contribution is 0.456. The van der Waals surface area contributed by atoms with Gasteiger partial charge in [-0.15, -0.1) is 0 Å². The van der Waals surface area contributed by atoms with E-state index in [-0.39, 0.29) is 0 Å². The summed E-state index contributed by atoms with van der Waals surface area (Å²) in [4.78, 5) is 10.0. The zero-order valence-corrected chi connectivity index (χ0v) is 38.1. The molecule has 0 aliphatic carbocycles. The van der Waals surface area contributed by atoms with Crippen molar-refractivity contribution in [3.63, 3.8) is 0 Å². The maximum Gasteiger partial charge on any atom is 0.237 e. The van der Waals surface area contributed by atoms with E-state index in [1.807, 2.05) is 30.3 Å². The van der Waals surface area contributed by atoms with Gasteiger partial charge in [0.15, 0.2) is 11.3 Å². The predicted octanol–water partition coefficient (Wildman–Crippen LogP) is 16.8. The molecule has 5 aromatic heterocycles. The van der Waals surface area contributed by atoms with Gasteiger partial charge in [-0.25, -0.2) is 4.98 Å². The molecule has 0 saturated heterocycles. The SMILES string of the molecule is c1ccc(-n2c3ccccc3c3cc(-c4ccc5c(c4)c4cc(-c6ccc7c(c6)c6ccccc6n7-c6ccccc6)ccc4n5-c4nccc(Oc5cccc6c5oc5ccccc56)n4)ccc32)cc1. The first kappa shape index (κ1) is 39.3. The highest BCUT2D eigenvalue weighted by molar-refractivity contribution is 6.15. The van der Waals surface area contributed by atoms with E-state index in [0.717, 1.165) is 71.8 Å². The van der Waals surface area contributed by atoms with E-state index >= 15 is 0 Å². The summed E-state index contributed by atoms with van der Waals surface area (Å²) < 4.78 is 19.8. The highest BCUT2D eigenvalue weighted by atomic mass is 16.5. The van der Waals surface area contributed by atoms with Gasteiger partial charge in [0.05, 0.1) is 33.1 Å². The van der Waals surface area contributed by atoms with Gasteiger partial charge < -0.3 is 18.3 Å². The molecule has 0 amide bonds. The van der Waals surface area contributed by atoms with Crippen molar-refractivity contribution in [3.05, 3.63) is 237 Å². The van der Waals surface area contributed by atoms with Crippen LogP contribution in [0.1, 0.15) is 0 Å². The molecule has 5 heterocycles. The Morgan fingerprint density at radius 3 is 1.32 bits per heavy atom. The fourth-order valence-corrected chi connectivity index (χ4v) is 11.0. The Balaban J connectivity index is 0.907. The fraction of sp³-hybridized carbons (Fsp3) is 0. The number of benzene rings is 10. The largest absolute Gasteiger partial charge is 0.452 e. The van der Waals surface area contributed by atoms with Crippen LogP contribution < -0.4 is 4.74 Å². The van der Waals surface area contributed by atoms with Crippen LogP contribution in [0.3, 0.4) is 0 Å². The topological polar surface area (TPSA) is 62.9 Å². The minimum absolute atomic E-state index is 0.414. The first-order chi connectivity index (χ1) is 35.2. The van der Waals surface area contributed by atoms with Gasteiger partial charge in [0, 0.05) is 66.7 Å². The lowest BCUT2D eigenvalue weighted by Crippen LogP contribution is -2.02. The second-order valence-corrected chi connectivity index (χ2v) is 18.2. The third-order valence-corrected chi connectivity index (χ3v) is 14.2. The molecule has 0 fully saturated rings. The molecule has 15 rings (SSSR count). The Bertz CT molecular complexity index is 4400. The smallest absolute Gasteiger partial charge is 0.237 e. The number of para-hydroxylation sites is 6. The van der Waals surface area contributed by atoms with E-state index in [4.69, 9.17) is 19.1 Å². The Hall–Kier alpha value is -9.72. The second-order valence-electron chi connectivity index (χ2n) is 18.2. The monoisotopic (exact) mass is 909 g/mol. The average Bonchev–Trinajstić information content (AvgIpc) is 4.18. The van der Waals surface area contributed by atoms with Gasteiger partial charge in [-0.3, -0.25) is 4.57 Å². The van der Waals surface area contributed by atoms with Gasteiger partial charge in [0.1, 0.15) is 5.58 Å². The number of hydrogen-bond acceptors (Lipinski definition) is 4. The molecule has 0 aliphatic rings. The molecule has 7 heteroatoms. The van der Waals surface area contributed by atoms with Crippen LogP contribution in [-0.2, 0) is 0 Å². The van der Waals surface area contributed by atoms with Crippen LogP contribution in [0.25, 0.3) is 127 Å². The maximum atomic E-state index is 6.57. The van der Waals surface area contributed by atoms with Crippen molar-refractivity contribution in [2.75, 3.05) is 0 Å². The third kappa shape index (κ3) is 6.10. The summed E-state index contributed by atoms with van der Waals surface area (Å²) in [6, 6.07) is 81.6. The zero-order chi connectivity index (χ0) is 46.6. The molecular weight excluding hydrogens is 871 g/mol. The van der Waals surface area contributed by atoms with Crippen molar-refractivity contribution < 1.29 is 9.15 Å². The molecule has 0 spiro atoms.